The zero-order chi connectivity index (χ0) is 17.0. The zero-order valence-corrected chi connectivity index (χ0v) is 14.5. The van der Waals surface area contributed by atoms with Gasteiger partial charge in [-0.15, -0.1) is 0 Å². The molecule has 6 heteroatoms. The second-order valence-corrected chi connectivity index (χ2v) is 8.62. The molecule has 23 heavy (non-hydrogen) atoms. The van der Waals surface area contributed by atoms with Crippen molar-refractivity contribution in [3.05, 3.63) is 35.6 Å². The Hall–Kier alpha value is -1.43. The molecule has 2 atom stereocenters. The Morgan fingerprint density at radius 2 is 2.00 bits per heavy atom. The molecule has 1 aromatic carbocycles. The molecule has 0 aromatic heterocycles. The molecule has 0 N–H and O–H groups in total. The predicted octanol–water partition coefficient (Wildman–Crippen LogP) is 2.57. The summed E-state index contributed by atoms with van der Waals surface area (Å²) >= 11 is 0. The third-order valence-corrected chi connectivity index (χ3v) is 6.27. The number of sulfone groups is 1. The minimum absolute atomic E-state index is 0.0881. The monoisotopic (exact) mass is 341 g/mol. The highest BCUT2D eigenvalue weighted by molar-refractivity contribution is 7.91. The molecule has 0 radical (unpaired) electrons. The normalized spacial score (nSPS) is 21.9. The molecule has 1 aliphatic rings. The molecule has 0 unspecified atom stereocenters. The quantitative estimate of drug-likeness (QED) is 0.827. The molecule has 1 aromatic rings. The molecular formula is C17H24FNO3S. The van der Waals surface area contributed by atoms with Gasteiger partial charge in [0.15, 0.2) is 9.84 Å². The molecule has 1 aliphatic carbocycles. The van der Waals surface area contributed by atoms with E-state index >= 15 is 0 Å². The molecule has 0 heterocycles. The lowest BCUT2D eigenvalue weighted by atomic mass is 9.93. The minimum atomic E-state index is -3.17. The SMILES string of the molecule is CN(C(=O)CCc1cccc(F)c1)[C@H]1CCCC[C@@H]1S(C)(=O)=O. The van der Waals surface area contributed by atoms with E-state index in [9.17, 15) is 17.6 Å². The second kappa shape index (κ2) is 7.43. The van der Waals surface area contributed by atoms with Crippen LogP contribution in [0, 0.1) is 5.82 Å². The highest BCUT2D eigenvalue weighted by Crippen LogP contribution is 2.27. The van der Waals surface area contributed by atoms with Crippen LogP contribution in [0.1, 0.15) is 37.7 Å². The molecular weight excluding hydrogens is 317 g/mol. The van der Waals surface area contributed by atoms with Crippen LogP contribution in [0.3, 0.4) is 0 Å². The maximum absolute atomic E-state index is 13.2. The Kier molecular flexibility index (Phi) is 5.79. The van der Waals surface area contributed by atoms with E-state index in [-0.39, 0.29) is 24.2 Å². The van der Waals surface area contributed by atoms with E-state index in [1.165, 1.54) is 18.4 Å². The summed E-state index contributed by atoms with van der Waals surface area (Å²) in [4.78, 5) is 14.0. The fraction of sp³-hybridized carbons (Fsp3) is 0.588. The second-order valence-electron chi connectivity index (χ2n) is 6.35. The van der Waals surface area contributed by atoms with Crippen LogP contribution in [0.4, 0.5) is 4.39 Å². The molecule has 1 fully saturated rings. The number of halogens is 1. The molecule has 2 rings (SSSR count). The van der Waals surface area contributed by atoms with Crippen molar-refractivity contribution in [3.63, 3.8) is 0 Å². The van der Waals surface area contributed by atoms with Crippen molar-refractivity contribution < 1.29 is 17.6 Å². The van der Waals surface area contributed by atoms with Gasteiger partial charge in [0.1, 0.15) is 5.82 Å². The summed E-state index contributed by atoms with van der Waals surface area (Å²) in [5, 5.41) is -0.473. The predicted molar refractivity (Wildman–Crippen MR) is 88.4 cm³/mol. The van der Waals surface area contributed by atoms with Crippen molar-refractivity contribution in [3.8, 4) is 0 Å². The number of hydrogen-bond acceptors (Lipinski definition) is 3. The lowest BCUT2D eigenvalue weighted by molar-refractivity contribution is -0.132. The first-order valence-corrected chi connectivity index (χ1v) is 9.93. The van der Waals surface area contributed by atoms with Gasteiger partial charge in [-0.1, -0.05) is 25.0 Å². The van der Waals surface area contributed by atoms with E-state index in [4.69, 9.17) is 0 Å². The van der Waals surface area contributed by atoms with Gasteiger partial charge in [-0.25, -0.2) is 12.8 Å². The molecule has 128 valence electrons. The van der Waals surface area contributed by atoms with Gasteiger partial charge in [0.2, 0.25) is 5.91 Å². The molecule has 0 bridgehead atoms. The number of rotatable bonds is 5. The van der Waals surface area contributed by atoms with Crippen molar-refractivity contribution in [1.29, 1.82) is 0 Å². The van der Waals surface area contributed by atoms with Gasteiger partial charge in [-0.2, -0.15) is 0 Å². The van der Waals surface area contributed by atoms with Crippen molar-refractivity contribution in [1.82, 2.24) is 4.90 Å². The average Bonchev–Trinajstić information content (AvgIpc) is 2.51. The number of aryl methyl sites for hydroxylation is 1. The Labute approximate surface area is 137 Å². The van der Waals surface area contributed by atoms with E-state index in [2.05, 4.69) is 0 Å². The van der Waals surface area contributed by atoms with E-state index in [1.54, 1.807) is 24.1 Å². The van der Waals surface area contributed by atoms with E-state index < -0.39 is 15.1 Å². The fourth-order valence-corrected chi connectivity index (χ4v) is 4.81. The summed E-state index contributed by atoms with van der Waals surface area (Å²) in [6.45, 7) is 0. The maximum Gasteiger partial charge on any atom is 0.222 e. The zero-order valence-electron chi connectivity index (χ0n) is 13.7. The van der Waals surface area contributed by atoms with Gasteiger partial charge in [0, 0.05) is 25.8 Å². The van der Waals surface area contributed by atoms with Gasteiger partial charge >= 0.3 is 0 Å². The van der Waals surface area contributed by atoms with Gasteiger partial charge < -0.3 is 4.90 Å². The Bertz CT molecular complexity index is 660. The Morgan fingerprint density at radius 1 is 1.30 bits per heavy atom. The first-order chi connectivity index (χ1) is 10.8. The molecule has 0 saturated heterocycles. The third-order valence-electron chi connectivity index (χ3n) is 4.63. The van der Waals surface area contributed by atoms with Gasteiger partial charge in [0.05, 0.1) is 5.25 Å². The van der Waals surface area contributed by atoms with Crippen LogP contribution < -0.4 is 0 Å². The number of benzene rings is 1. The summed E-state index contributed by atoms with van der Waals surface area (Å²) in [6.07, 6.45) is 5.13. The fourth-order valence-electron chi connectivity index (χ4n) is 3.32. The van der Waals surface area contributed by atoms with Crippen molar-refractivity contribution in [2.24, 2.45) is 0 Å². The van der Waals surface area contributed by atoms with Crippen molar-refractivity contribution >= 4 is 15.7 Å². The van der Waals surface area contributed by atoms with Gasteiger partial charge in [-0.3, -0.25) is 4.79 Å². The molecule has 0 spiro atoms. The van der Waals surface area contributed by atoms with Crippen LogP contribution >= 0.6 is 0 Å². The number of carbonyl (C=O) groups excluding carboxylic acids is 1. The standard InChI is InChI=1S/C17H24FNO3S/c1-19(15-8-3-4-9-16(15)23(2,21)22)17(20)11-10-13-6-5-7-14(18)12-13/h5-7,12,15-16H,3-4,8-11H2,1-2H3/t15-,16-/m0/s1. The first-order valence-electron chi connectivity index (χ1n) is 7.98. The molecule has 4 nitrogen and oxygen atoms in total. The van der Waals surface area contributed by atoms with Crippen LogP contribution in [0.2, 0.25) is 0 Å². The van der Waals surface area contributed by atoms with Crippen LogP contribution in [0.25, 0.3) is 0 Å². The highest BCUT2D eigenvalue weighted by Gasteiger charge is 2.36. The summed E-state index contributed by atoms with van der Waals surface area (Å²) in [5.41, 5.74) is 0.773. The lowest BCUT2D eigenvalue weighted by Gasteiger charge is -2.37. The topological polar surface area (TPSA) is 54.5 Å². The number of carbonyl (C=O) groups is 1. The average molecular weight is 341 g/mol. The lowest BCUT2D eigenvalue weighted by Crippen LogP contribution is -2.49. The van der Waals surface area contributed by atoms with Crippen LogP contribution in [-0.2, 0) is 21.1 Å². The van der Waals surface area contributed by atoms with Gasteiger partial charge in [0.25, 0.3) is 0 Å². The van der Waals surface area contributed by atoms with E-state index in [0.29, 0.717) is 12.8 Å². The number of amides is 1. The molecule has 0 aliphatic heterocycles. The summed E-state index contributed by atoms with van der Waals surface area (Å²) < 4.78 is 37.1. The van der Waals surface area contributed by atoms with Crippen LogP contribution in [-0.4, -0.2) is 43.8 Å². The van der Waals surface area contributed by atoms with Crippen LogP contribution in [0.15, 0.2) is 24.3 Å². The first kappa shape index (κ1) is 17.9. The third kappa shape index (κ3) is 4.77. The Morgan fingerprint density at radius 3 is 2.65 bits per heavy atom. The smallest absolute Gasteiger partial charge is 0.222 e. The van der Waals surface area contributed by atoms with Crippen molar-refractivity contribution in [2.45, 2.75) is 49.8 Å². The van der Waals surface area contributed by atoms with Crippen molar-refractivity contribution in [2.75, 3.05) is 13.3 Å². The van der Waals surface area contributed by atoms with Gasteiger partial charge in [-0.05, 0) is 37.0 Å². The number of hydrogen-bond donors (Lipinski definition) is 0. The Balaban J connectivity index is 2.00. The van der Waals surface area contributed by atoms with E-state index in [1.807, 2.05) is 0 Å². The highest BCUT2D eigenvalue weighted by atomic mass is 32.2. The van der Waals surface area contributed by atoms with Crippen LogP contribution in [0.5, 0.6) is 0 Å². The van der Waals surface area contributed by atoms with E-state index in [0.717, 1.165) is 24.8 Å². The summed E-state index contributed by atoms with van der Waals surface area (Å²) in [6, 6.07) is 5.96. The largest absolute Gasteiger partial charge is 0.341 e. The number of nitrogens with zero attached hydrogens (tertiary/aromatic N) is 1. The summed E-state index contributed by atoms with van der Waals surface area (Å²) in [5.74, 6) is -0.400. The minimum Gasteiger partial charge on any atom is -0.341 e. The molecule has 1 amide bonds. The molecule has 1 saturated carbocycles. The maximum atomic E-state index is 13.2. The summed E-state index contributed by atoms with van der Waals surface area (Å²) in [7, 11) is -1.49.